The van der Waals surface area contributed by atoms with Crippen molar-refractivity contribution in [2.75, 3.05) is 18.9 Å². The first kappa shape index (κ1) is 19.4. The van der Waals surface area contributed by atoms with Gasteiger partial charge in [0, 0.05) is 0 Å². The Hall–Kier alpha value is -2.41. The van der Waals surface area contributed by atoms with Crippen LogP contribution in [0.3, 0.4) is 0 Å². The van der Waals surface area contributed by atoms with E-state index >= 15 is 0 Å². The number of likely N-dealkylation sites (N-methyl/N-ethyl adjacent to an activating group) is 1. The number of benzene rings is 2. The second kappa shape index (κ2) is 8.08. The lowest BCUT2D eigenvalue weighted by Gasteiger charge is -2.21. The second-order valence-electron chi connectivity index (χ2n) is 6.36. The van der Waals surface area contributed by atoms with E-state index in [1.54, 1.807) is 36.4 Å². The molecule has 3 N–H and O–H groups in total. The van der Waals surface area contributed by atoms with E-state index in [2.05, 4.69) is 15.3 Å². The standard InChI is InChI=1S/C19H18Cl2N4O2/c1-11(18-22-15-9-4-3-6-12(15)19(27)24-18)25(2)10-16(26)23-17-13(20)7-5-8-14(17)21/h3-9,11H,10H2,1-2H3,(H,23,26)(H,22,24,27)/p+1/t11-/m0/s1. The quantitative estimate of drug-likeness (QED) is 0.609. The number of aromatic amines is 1. The molecule has 0 aliphatic rings. The SMILES string of the molecule is C[C@@H](c1nc2ccccc2c(=O)[nH]1)[NH+](C)CC(=O)Nc1c(Cl)cccc1Cl. The highest BCUT2D eigenvalue weighted by atomic mass is 35.5. The predicted octanol–water partition coefficient (Wildman–Crippen LogP) is 2.44. The number of fused-ring (bicyclic) bond motifs is 1. The number of aromatic nitrogens is 2. The van der Waals surface area contributed by atoms with Crippen molar-refractivity contribution in [3.63, 3.8) is 0 Å². The molecule has 0 saturated heterocycles. The molecule has 1 unspecified atom stereocenters. The van der Waals surface area contributed by atoms with Crippen LogP contribution in [0.5, 0.6) is 0 Å². The number of carbonyl (C=O) groups is 1. The summed E-state index contributed by atoms with van der Waals surface area (Å²) in [5.41, 5.74) is 0.828. The lowest BCUT2D eigenvalue weighted by atomic mass is 10.2. The Balaban J connectivity index is 1.75. The van der Waals surface area contributed by atoms with Gasteiger partial charge in [-0.15, -0.1) is 0 Å². The lowest BCUT2D eigenvalue weighted by Crippen LogP contribution is -3.10. The zero-order valence-electron chi connectivity index (χ0n) is 14.8. The highest BCUT2D eigenvalue weighted by molar-refractivity contribution is 6.39. The number of anilines is 1. The Morgan fingerprint density at radius 2 is 1.85 bits per heavy atom. The van der Waals surface area contributed by atoms with Gasteiger partial charge in [-0.25, -0.2) is 4.98 Å². The van der Waals surface area contributed by atoms with E-state index in [1.165, 1.54) is 0 Å². The highest BCUT2D eigenvalue weighted by Crippen LogP contribution is 2.29. The number of rotatable bonds is 5. The number of nitrogens with one attached hydrogen (secondary N) is 3. The third kappa shape index (κ3) is 4.30. The van der Waals surface area contributed by atoms with E-state index < -0.39 is 0 Å². The first-order valence-electron chi connectivity index (χ1n) is 8.42. The molecule has 3 aromatic rings. The number of H-pyrrole nitrogens is 1. The van der Waals surface area contributed by atoms with Gasteiger partial charge in [0.15, 0.2) is 12.4 Å². The monoisotopic (exact) mass is 405 g/mol. The fourth-order valence-corrected chi connectivity index (χ4v) is 3.24. The molecule has 0 fully saturated rings. The summed E-state index contributed by atoms with van der Waals surface area (Å²) in [6.45, 7) is 2.05. The first-order valence-corrected chi connectivity index (χ1v) is 9.17. The summed E-state index contributed by atoms with van der Waals surface area (Å²) in [6, 6.07) is 12.0. The van der Waals surface area contributed by atoms with Crippen LogP contribution in [0.4, 0.5) is 5.69 Å². The molecule has 27 heavy (non-hydrogen) atoms. The summed E-state index contributed by atoms with van der Waals surface area (Å²) in [6.07, 6.45) is 0. The molecule has 0 bridgehead atoms. The van der Waals surface area contributed by atoms with Crippen molar-refractivity contribution in [2.24, 2.45) is 0 Å². The lowest BCUT2D eigenvalue weighted by molar-refractivity contribution is -0.902. The Morgan fingerprint density at radius 3 is 2.56 bits per heavy atom. The molecule has 0 saturated carbocycles. The van der Waals surface area contributed by atoms with Crippen LogP contribution in [0.15, 0.2) is 47.3 Å². The molecule has 0 aliphatic carbocycles. The van der Waals surface area contributed by atoms with Gasteiger partial charge in [-0.05, 0) is 31.2 Å². The van der Waals surface area contributed by atoms with Gasteiger partial charge in [-0.1, -0.05) is 41.4 Å². The van der Waals surface area contributed by atoms with E-state index in [9.17, 15) is 9.59 Å². The molecule has 2 aromatic carbocycles. The van der Waals surface area contributed by atoms with Crippen LogP contribution in [-0.2, 0) is 4.79 Å². The molecule has 0 spiro atoms. The normalized spacial score (nSPS) is 13.3. The summed E-state index contributed by atoms with van der Waals surface area (Å²) in [5.74, 6) is 0.289. The van der Waals surface area contributed by atoms with Crippen LogP contribution < -0.4 is 15.8 Å². The highest BCUT2D eigenvalue weighted by Gasteiger charge is 2.22. The van der Waals surface area contributed by atoms with E-state index in [1.807, 2.05) is 20.0 Å². The maximum absolute atomic E-state index is 12.4. The Labute approximate surface area is 166 Å². The molecule has 2 atom stereocenters. The van der Waals surface area contributed by atoms with Crippen LogP contribution in [-0.4, -0.2) is 29.5 Å². The minimum atomic E-state index is -0.238. The van der Waals surface area contributed by atoms with Crippen LogP contribution in [0, 0.1) is 0 Å². The summed E-state index contributed by atoms with van der Waals surface area (Å²) in [4.78, 5) is 32.8. The predicted molar refractivity (Wildman–Crippen MR) is 108 cm³/mol. The van der Waals surface area contributed by atoms with Gasteiger partial charge in [-0.3, -0.25) is 9.59 Å². The van der Waals surface area contributed by atoms with Gasteiger partial charge < -0.3 is 15.2 Å². The number of carbonyl (C=O) groups excluding carboxylic acids is 1. The molecule has 1 heterocycles. The summed E-state index contributed by atoms with van der Waals surface area (Å²) in [5, 5.41) is 4.03. The number of nitrogens with zero attached hydrogens (tertiary/aromatic N) is 1. The maximum atomic E-state index is 12.4. The summed E-state index contributed by atoms with van der Waals surface area (Å²) < 4.78 is 0. The van der Waals surface area contributed by atoms with Crippen LogP contribution in [0.25, 0.3) is 10.9 Å². The molecule has 140 valence electrons. The molecule has 0 radical (unpaired) electrons. The van der Waals surface area contributed by atoms with E-state index in [4.69, 9.17) is 23.2 Å². The fraction of sp³-hybridized carbons (Fsp3) is 0.211. The number of amides is 1. The van der Waals surface area contributed by atoms with Crippen molar-refractivity contribution in [1.82, 2.24) is 9.97 Å². The Morgan fingerprint density at radius 1 is 1.19 bits per heavy atom. The largest absolute Gasteiger partial charge is 0.321 e. The fourth-order valence-electron chi connectivity index (χ4n) is 2.75. The van der Waals surface area contributed by atoms with Crippen LogP contribution in [0.1, 0.15) is 18.8 Å². The topological polar surface area (TPSA) is 79.3 Å². The second-order valence-corrected chi connectivity index (χ2v) is 7.17. The van der Waals surface area contributed by atoms with Crippen molar-refractivity contribution in [3.05, 3.63) is 68.7 Å². The van der Waals surface area contributed by atoms with Gasteiger partial charge in [0.05, 0.1) is 33.7 Å². The molecule has 3 rings (SSSR count). The third-order valence-corrected chi connectivity index (χ3v) is 5.08. The minimum Gasteiger partial charge on any atom is -0.321 e. The van der Waals surface area contributed by atoms with Crippen molar-refractivity contribution in [1.29, 1.82) is 0 Å². The number of hydrogen-bond donors (Lipinski definition) is 3. The Bertz CT molecular complexity index is 1030. The Kier molecular flexibility index (Phi) is 5.79. The first-order chi connectivity index (χ1) is 12.9. The van der Waals surface area contributed by atoms with E-state index in [0.29, 0.717) is 32.5 Å². The number of hydrogen-bond acceptors (Lipinski definition) is 3. The van der Waals surface area contributed by atoms with Crippen LogP contribution in [0.2, 0.25) is 10.0 Å². The molecule has 1 amide bonds. The number of halogens is 2. The third-order valence-electron chi connectivity index (χ3n) is 4.45. The van der Waals surface area contributed by atoms with Crippen molar-refractivity contribution < 1.29 is 9.69 Å². The van der Waals surface area contributed by atoms with Gasteiger partial charge in [0.2, 0.25) is 0 Å². The van der Waals surface area contributed by atoms with Crippen molar-refractivity contribution in [3.8, 4) is 0 Å². The smallest absolute Gasteiger partial charge is 0.279 e. The van der Waals surface area contributed by atoms with Crippen LogP contribution >= 0.6 is 23.2 Å². The van der Waals surface area contributed by atoms with E-state index in [-0.39, 0.29) is 24.1 Å². The van der Waals surface area contributed by atoms with Crippen molar-refractivity contribution in [2.45, 2.75) is 13.0 Å². The molecule has 1 aromatic heterocycles. The molecule has 0 aliphatic heterocycles. The minimum absolute atomic E-state index is 0.152. The molecule has 8 heteroatoms. The average molecular weight is 406 g/mol. The summed E-state index contributed by atoms with van der Waals surface area (Å²) in [7, 11) is 1.85. The van der Waals surface area contributed by atoms with Gasteiger partial charge in [0.1, 0.15) is 6.04 Å². The zero-order valence-corrected chi connectivity index (χ0v) is 16.4. The molecular formula is C19H19Cl2N4O2+. The van der Waals surface area contributed by atoms with E-state index in [0.717, 1.165) is 4.90 Å². The van der Waals surface area contributed by atoms with Gasteiger partial charge in [-0.2, -0.15) is 0 Å². The van der Waals surface area contributed by atoms with Crippen molar-refractivity contribution >= 4 is 45.7 Å². The number of para-hydroxylation sites is 2. The summed E-state index contributed by atoms with van der Waals surface area (Å²) >= 11 is 12.2. The molecular weight excluding hydrogens is 387 g/mol. The number of quaternary nitrogens is 1. The van der Waals surface area contributed by atoms with Gasteiger partial charge >= 0.3 is 0 Å². The zero-order chi connectivity index (χ0) is 19.6. The maximum Gasteiger partial charge on any atom is 0.279 e. The van der Waals surface area contributed by atoms with Gasteiger partial charge in [0.25, 0.3) is 11.5 Å². The molecule has 6 nitrogen and oxygen atoms in total. The average Bonchev–Trinajstić information content (AvgIpc) is 2.64.